The lowest BCUT2D eigenvalue weighted by Crippen LogP contribution is -2.28. The summed E-state index contributed by atoms with van der Waals surface area (Å²) in [6.07, 6.45) is 1.01. The summed E-state index contributed by atoms with van der Waals surface area (Å²) in [4.78, 5) is 38.4. The number of hydrogen-bond donors (Lipinski definition) is 1. The quantitative estimate of drug-likeness (QED) is 0.762. The van der Waals surface area contributed by atoms with Crippen LogP contribution >= 0.6 is 0 Å². The van der Waals surface area contributed by atoms with Crippen molar-refractivity contribution in [2.45, 2.75) is 33.6 Å². The number of benzene rings is 2. The molecule has 1 N–H and O–H groups in total. The van der Waals surface area contributed by atoms with Crippen molar-refractivity contribution in [3.05, 3.63) is 59.2 Å². The topological polar surface area (TPSA) is 75.7 Å². The van der Waals surface area contributed by atoms with E-state index in [1.807, 2.05) is 56.3 Å². The first-order valence-electron chi connectivity index (χ1n) is 9.79. The van der Waals surface area contributed by atoms with Crippen molar-refractivity contribution < 1.29 is 19.1 Å². The van der Waals surface area contributed by atoms with E-state index in [0.717, 1.165) is 23.2 Å². The molecule has 0 unspecified atom stereocenters. The number of carbonyl (C=O) groups is 3. The molecule has 152 valence electrons. The summed E-state index contributed by atoms with van der Waals surface area (Å²) in [5, 5.41) is 2.70. The summed E-state index contributed by atoms with van der Waals surface area (Å²) < 4.78 is 5.15. The maximum absolute atomic E-state index is 12.4. The second kappa shape index (κ2) is 8.90. The molecular formula is C23H26N2O4. The molecule has 1 fully saturated rings. The third-order valence-corrected chi connectivity index (χ3v) is 4.97. The molecule has 2 aromatic carbocycles. The normalized spacial score (nSPS) is 16.0. The molecule has 0 spiro atoms. The minimum absolute atomic E-state index is 0.0892. The minimum atomic E-state index is -0.569. The molecule has 0 aromatic heterocycles. The standard InChI is InChI=1S/C23H26N2O4/c1-4-17-5-7-19(8-6-17)24-21(26)14-29-23(28)18-12-22(27)25(13-18)20-10-15(2)9-16(3)11-20/h5-11,18H,4,12-14H2,1-3H3,(H,24,26)/t18-/m1/s1. The van der Waals surface area contributed by atoms with Crippen LogP contribution in [0.3, 0.4) is 0 Å². The van der Waals surface area contributed by atoms with Gasteiger partial charge in [0.15, 0.2) is 6.61 Å². The van der Waals surface area contributed by atoms with Crippen LogP contribution < -0.4 is 10.2 Å². The number of anilines is 2. The zero-order chi connectivity index (χ0) is 21.0. The van der Waals surface area contributed by atoms with Crippen LogP contribution in [0.1, 0.15) is 30.0 Å². The first-order valence-corrected chi connectivity index (χ1v) is 9.79. The van der Waals surface area contributed by atoms with Gasteiger partial charge in [0.1, 0.15) is 0 Å². The van der Waals surface area contributed by atoms with Crippen LogP contribution in [0.5, 0.6) is 0 Å². The first kappa shape index (κ1) is 20.6. The first-order chi connectivity index (χ1) is 13.9. The molecule has 1 aliphatic heterocycles. The predicted molar refractivity (Wildman–Crippen MR) is 112 cm³/mol. The Kier molecular flexibility index (Phi) is 6.32. The van der Waals surface area contributed by atoms with Crippen LogP contribution in [0.25, 0.3) is 0 Å². The average molecular weight is 394 g/mol. The maximum atomic E-state index is 12.4. The molecule has 29 heavy (non-hydrogen) atoms. The molecule has 0 bridgehead atoms. The van der Waals surface area contributed by atoms with Gasteiger partial charge in [0, 0.05) is 24.3 Å². The van der Waals surface area contributed by atoms with Crippen molar-refractivity contribution in [2.24, 2.45) is 5.92 Å². The van der Waals surface area contributed by atoms with E-state index in [1.54, 1.807) is 4.90 Å². The highest BCUT2D eigenvalue weighted by Gasteiger charge is 2.36. The maximum Gasteiger partial charge on any atom is 0.311 e. The smallest absolute Gasteiger partial charge is 0.311 e. The molecule has 1 aliphatic rings. The van der Waals surface area contributed by atoms with Crippen LogP contribution in [-0.2, 0) is 25.5 Å². The lowest BCUT2D eigenvalue weighted by Gasteiger charge is -2.18. The number of aryl methyl sites for hydroxylation is 3. The van der Waals surface area contributed by atoms with E-state index in [-0.39, 0.29) is 25.5 Å². The van der Waals surface area contributed by atoms with Crippen LogP contribution in [0.15, 0.2) is 42.5 Å². The Labute approximate surface area is 170 Å². The Balaban J connectivity index is 1.53. The van der Waals surface area contributed by atoms with E-state index >= 15 is 0 Å². The summed E-state index contributed by atoms with van der Waals surface area (Å²) in [6.45, 7) is 5.89. The monoisotopic (exact) mass is 394 g/mol. The average Bonchev–Trinajstić information content (AvgIpc) is 3.08. The van der Waals surface area contributed by atoms with Gasteiger partial charge >= 0.3 is 5.97 Å². The molecule has 2 amide bonds. The van der Waals surface area contributed by atoms with Crippen LogP contribution in [0.2, 0.25) is 0 Å². The van der Waals surface area contributed by atoms with Gasteiger partial charge in [-0.25, -0.2) is 0 Å². The van der Waals surface area contributed by atoms with Gasteiger partial charge in [-0.2, -0.15) is 0 Å². The van der Waals surface area contributed by atoms with Gasteiger partial charge in [-0.3, -0.25) is 14.4 Å². The summed E-state index contributed by atoms with van der Waals surface area (Å²) in [5.74, 6) is -1.61. The molecule has 3 rings (SSSR count). The largest absolute Gasteiger partial charge is 0.455 e. The molecule has 2 aromatic rings. The van der Waals surface area contributed by atoms with Crippen LogP contribution in [-0.4, -0.2) is 30.9 Å². The third kappa shape index (κ3) is 5.22. The zero-order valence-corrected chi connectivity index (χ0v) is 17.0. The van der Waals surface area contributed by atoms with E-state index < -0.39 is 17.8 Å². The molecule has 0 aliphatic carbocycles. The fourth-order valence-corrected chi connectivity index (χ4v) is 3.50. The van der Waals surface area contributed by atoms with Crippen molar-refractivity contribution in [1.29, 1.82) is 0 Å². The Hall–Kier alpha value is -3.15. The van der Waals surface area contributed by atoms with E-state index in [1.165, 1.54) is 5.56 Å². The second-order valence-corrected chi connectivity index (χ2v) is 7.46. The Morgan fingerprint density at radius 3 is 2.38 bits per heavy atom. The van der Waals surface area contributed by atoms with Crippen molar-refractivity contribution in [3.63, 3.8) is 0 Å². The molecule has 6 heteroatoms. The lowest BCUT2D eigenvalue weighted by molar-refractivity contribution is -0.151. The van der Waals surface area contributed by atoms with Crippen molar-refractivity contribution in [3.8, 4) is 0 Å². The third-order valence-electron chi connectivity index (χ3n) is 4.97. The molecular weight excluding hydrogens is 368 g/mol. The Morgan fingerprint density at radius 2 is 1.76 bits per heavy atom. The Morgan fingerprint density at radius 1 is 1.10 bits per heavy atom. The summed E-state index contributed by atoms with van der Waals surface area (Å²) in [6, 6.07) is 13.4. The predicted octanol–water partition coefficient (Wildman–Crippen LogP) is 3.40. The molecule has 1 saturated heterocycles. The van der Waals surface area contributed by atoms with Gasteiger partial charge in [0.05, 0.1) is 5.92 Å². The zero-order valence-electron chi connectivity index (χ0n) is 17.0. The van der Waals surface area contributed by atoms with Gasteiger partial charge < -0.3 is 15.0 Å². The van der Waals surface area contributed by atoms with Gasteiger partial charge in [-0.1, -0.05) is 25.1 Å². The number of nitrogens with one attached hydrogen (secondary N) is 1. The lowest BCUT2D eigenvalue weighted by atomic mass is 10.1. The number of amides is 2. The molecule has 0 radical (unpaired) electrons. The number of ether oxygens (including phenoxy) is 1. The number of esters is 1. The van der Waals surface area contributed by atoms with E-state index in [0.29, 0.717) is 5.69 Å². The Bertz CT molecular complexity index is 901. The highest BCUT2D eigenvalue weighted by molar-refractivity contribution is 6.00. The van der Waals surface area contributed by atoms with Crippen LogP contribution in [0, 0.1) is 19.8 Å². The van der Waals surface area contributed by atoms with E-state index in [2.05, 4.69) is 12.2 Å². The van der Waals surface area contributed by atoms with Crippen molar-refractivity contribution >= 4 is 29.2 Å². The highest BCUT2D eigenvalue weighted by Crippen LogP contribution is 2.27. The fourth-order valence-electron chi connectivity index (χ4n) is 3.50. The highest BCUT2D eigenvalue weighted by atomic mass is 16.5. The fraction of sp³-hybridized carbons (Fsp3) is 0.348. The number of rotatable bonds is 6. The second-order valence-electron chi connectivity index (χ2n) is 7.46. The van der Waals surface area contributed by atoms with Crippen LogP contribution in [0.4, 0.5) is 11.4 Å². The molecule has 1 heterocycles. The summed E-state index contributed by atoms with van der Waals surface area (Å²) in [7, 11) is 0. The summed E-state index contributed by atoms with van der Waals surface area (Å²) in [5.41, 5.74) is 4.73. The van der Waals surface area contributed by atoms with E-state index in [9.17, 15) is 14.4 Å². The van der Waals surface area contributed by atoms with Crippen molar-refractivity contribution in [2.75, 3.05) is 23.4 Å². The molecule has 1 atom stereocenters. The van der Waals surface area contributed by atoms with Gasteiger partial charge in [0.25, 0.3) is 5.91 Å². The number of nitrogens with zero attached hydrogens (tertiary/aromatic N) is 1. The number of hydrogen-bond acceptors (Lipinski definition) is 4. The van der Waals surface area contributed by atoms with Gasteiger partial charge in [0.2, 0.25) is 5.91 Å². The SMILES string of the molecule is CCc1ccc(NC(=O)COC(=O)[C@@H]2CC(=O)N(c3cc(C)cc(C)c3)C2)cc1. The van der Waals surface area contributed by atoms with Crippen molar-refractivity contribution in [1.82, 2.24) is 0 Å². The van der Waals surface area contributed by atoms with Gasteiger partial charge in [-0.05, 0) is 61.2 Å². The van der Waals surface area contributed by atoms with E-state index in [4.69, 9.17) is 4.74 Å². The number of carbonyl (C=O) groups excluding carboxylic acids is 3. The summed E-state index contributed by atoms with van der Waals surface area (Å²) >= 11 is 0. The molecule has 6 nitrogen and oxygen atoms in total. The minimum Gasteiger partial charge on any atom is -0.455 e. The van der Waals surface area contributed by atoms with Gasteiger partial charge in [-0.15, -0.1) is 0 Å². The molecule has 0 saturated carbocycles.